The van der Waals surface area contributed by atoms with Crippen molar-refractivity contribution in [2.24, 2.45) is 5.92 Å². The van der Waals surface area contributed by atoms with E-state index in [0.29, 0.717) is 11.2 Å². The first-order valence-corrected chi connectivity index (χ1v) is 19.1. The van der Waals surface area contributed by atoms with Crippen LogP contribution >= 0.6 is 25.8 Å². The zero-order valence-corrected chi connectivity index (χ0v) is 26.6. The van der Waals surface area contributed by atoms with Crippen molar-refractivity contribution in [2.45, 2.75) is 54.7 Å². The minimum atomic E-state index is -4.24. The van der Waals surface area contributed by atoms with Gasteiger partial charge in [0.25, 0.3) is 0 Å². The number of thiol groups is 1. The Balaban J connectivity index is 1.06. The Bertz CT molecular complexity index is 2020. The maximum Gasteiger partial charge on any atom is 0.386 e. The summed E-state index contributed by atoms with van der Waals surface area (Å²) in [5.74, 6) is -1.64. The van der Waals surface area contributed by atoms with Gasteiger partial charge in [0.05, 0.1) is 31.8 Å². The molecule has 24 heteroatoms. The van der Waals surface area contributed by atoms with Crippen LogP contribution < -0.4 is 11.5 Å². The smallest absolute Gasteiger partial charge is 0.386 e. The van der Waals surface area contributed by atoms with Gasteiger partial charge in [-0.3, -0.25) is 22.7 Å². The molecule has 9 heterocycles. The third kappa shape index (κ3) is 4.20. The monoisotopic (exact) mass is 714 g/mol. The van der Waals surface area contributed by atoms with Gasteiger partial charge in [0.15, 0.2) is 41.2 Å². The predicted molar refractivity (Wildman–Crippen MR) is 159 cm³/mol. The highest BCUT2D eigenvalue weighted by Crippen LogP contribution is 2.74. The van der Waals surface area contributed by atoms with Crippen molar-refractivity contribution in [1.29, 1.82) is 0 Å². The number of aromatic nitrogens is 8. The highest BCUT2D eigenvalue weighted by atomic mass is 32.7. The van der Waals surface area contributed by atoms with E-state index in [1.807, 2.05) is 0 Å². The molecule has 5 aliphatic heterocycles. The fourth-order valence-corrected chi connectivity index (χ4v) is 10.1. The van der Waals surface area contributed by atoms with E-state index >= 15 is 0 Å². The highest BCUT2D eigenvalue weighted by Gasteiger charge is 2.84. The number of aliphatic hydroxyl groups excluding tert-OH is 1. The Morgan fingerprint density at radius 2 is 1.61 bits per heavy atom. The number of imidazole rings is 2. The van der Waals surface area contributed by atoms with Gasteiger partial charge < -0.3 is 40.2 Å². The Kier molecular flexibility index (Phi) is 6.34. The number of anilines is 2. The molecule has 4 aromatic rings. The van der Waals surface area contributed by atoms with Crippen LogP contribution in [0.4, 0.5) is 11.6 Å². The number of ether oxygens (including phenoxy) is 3. The molecule has 4 aromatic heterocycles. The van der Waals surface area contributed by atoms with Gasteiger partial charge >= 0.3 is 13.5 Å². The normalized spacial score (nSPS) is 43.6. The average molecular weight is 715 g/mol. The van der Waals surface area contributed by atoms with Gasteiger partial charge in [0.2, 0.25) is 0 Å². The van der Waals surface area contributed by atoms with Crippen LogP contribution in [0.3, 0.4) is 0 Å². The van der Waals surface area contributed by atoms with Crippen LogP contribution in [0.1, 0.15) is 18.9 Å². The van der Waals surface area contributed by atoms with Gasteiger partial charge in [0.1, 0.15) is 53.7 Å². The van der Waals surface area contributed by atoms with Crippen molar-refractivity contribution in [1.82, 2.24) is 39.0 Å². The van der Waals surface area contributed by atoms with Crippen molar-refractivity contribution in [2.75, 3.05) is 24.7 Å². The molecule has 10 rings (SSSR count). The van der Waals surface area contributed by atoms with Gasteiger partial charge in [0, 0.05) is 6.42 Å². The van der Waals surface area contributed by atoms with E-state index in [2.05, 4.69) is 42.2 Å². The predicted octanol–water partition coefficient (Wildman–Crippen LogP) is 0.175. The number of nitrogens with two attached hydrogens (primary N) is 2. The van der Waals surface area contributed by atoms with Crippen LogP contribution in [0.15, 0.2) is 25.3 Å². The Morgan fingerprint density at radius 1 is 0.957 bits per heavy atom. The molecule has 2 unspecified atom stereocenters. The van der Waals surface area contributed by atoms with E-state index in [0.717, 1.165) is 0 Å². The molecule has 0 amide bonds. The molecule has 0 aromatic carbocycles. The summed E-state index contributed by atoms with van der Waals surface area (Å²) in [6.45, 7) is -8.96. The second-order valence-corrected chi connectivity index (χ2v) is 17.1. The second kappa shape index (κ2) is 9.82. The first-order chi connectivity index (χ1) is 21.9. The van der Waals surface area contributed by atoms with Gasteiger partial charge in [-0.15, -0.1) is 0 Å². The molecule has 5 saturated heterocycles. The highest BCUT2D eigenvalue weighted by molar-refractivity contribution is 8.44. The van der Waals surface area contributed by atoms with E-state index in [-0.39, 0.29) is 35.8 Å². The van der Waals surface area contributed by atoms with Gasteiger partial charge in [-0.05, 0) is 11.8 Å². The fourth-order valence-electron chi connectivity index (χ4n) is 7.01. The molecule has 6 aliphatic rings. The van der Waals surface area contributed by atoms with Crippen LogP contribution in [0.25, 0.3) is 22.3 Å². The molecule has 11 atom stereocenters. The maximum absolute atomic E-state index is 13.8. The number of fused-ring (bicyclic) bond motifs is 8. The summed E-state index contributed by atoms with van der Waals surface area (Å²) in [6, 6.07) is 0. The largest absolute Gasteiger partial charge is 0.387 e. The first kappa shape index (κ1) is 29.7. The summed E-state index contributed by atoms with van der Waals surface area (Å²) in [5, 5.41) is 11.3. The third-order valence-electron chi connectivity index (χ3n) is 8.92. The minimum absolute atomic E-state index is 0.0360. The van der Waals surface area contributed by atoms with Crippen LogP contribution in [0.2, 0.25) is 0 Å². The van der Waals surface area contributed by atoms with Crippen LogP contribution in [-0.2, 0) is 48.7 Å². The number of nitrogen functional groups attached to an aromatic ring is 2. The number of nitrogens with zero attached hydrogens (tertiary/aromatic N) is 8. The molecule has 2 spiro atoms. The number of rotatable bonds is 2. The number of hydrogen-bond acceptors (Lipinski definition) is 18. The molecule has 0 radical (unpaired) electrons. The zero-order valence-electron chi connectivity index (χ0n) is 23.1. The van der Waals surface area contributed by atoms with Crippen molar-refractivity contribution in [3.63, 3.8) is 0 Å². The summed E-state index contributed by atoms with van der Waals surface area (Å²) in [6.07, 6.45) is -1.12. The van der Waals surface area contributed by atoms with Crippen molar-refractivity contribution in [3.8, 4) is 0 Å². The molecule has 244 valence electrons. The van der Waals surface area contributed by atoms with Crippen LogP contribution in [-0.4, -0.2) is 98.1 Å². The lowest BCUT2D eigenvalue weighted by Gasteiger charge is -2.64. The quantitative estimate of drug-likeness (QED) is 0.137. The van der Waals surface area contributed by atoms with Crippen LogP contribution in [0, 0.1) is 5.92 Å². The summed E-state index contributed by atoms with van der Waals surface area (Å²) >= 11 is 9.60. The Labute approximate surface area is 267 Å². The van der Waals surface area contributed by atoms with Gasteiger partial charge in [-0.2, -0.15) is 0 Å². The third-order valence-corrected chi connectivity index (χ3v) is 12.1. The molecule has 20 nitrogen and oxygen atoms in total. The lowest BCUT2D eigenvalue weighted by Crippen LogP contribution is -2.78. The van der Waals surface area contributed by atoms with E-state index in [4.69, 9.17) is 55.6 Å². The second-order valence-electron chi connectivity index (χ2n) is 11.5. The lowest BCUT2D eigenvalue weighted by atomic mass is 9.59. The summed E-state index contributed by atoms with van der Waals surface area (Å²) in [5.41, 5.74) is 12.1. The standard InChI is InChI=1S/C22H24N10O10P2S2/c23-15-9-17(27-4-25-15)31(6-29-9)19-12-11(33)8(38-19)1-36-44(35,46)42-22-2-21(3-37-43(34,45)41-12)14(22)13(39-22)20(40-21)32-7-30-10-16(24)26-5-28-18(10)32/h4-8,11-14,19-20,33H,1-3H2,(H,34,45)(H,35,46)(H2,23,25,27)(H2,24,26,28)/t8-,11-,12-,13-,14+,19-,20-,21-,22-,43?,44?/m1/s1. The molecular weight excluding hydrogens is 690 g/mol. The molecule has 46 heavy (non-hydrogen) atoms. The van der Waals surface area contributed by atoms with Crippen LogP contribution in [0.5, 0.6) is 0 Å². The first-order valence-electron chi connectivity index (χ1n) is 13.8. The molecular formula is C22H24N10O10P2S2. The molecule has 6 N–H and O–H groups in total. The Hall–Kier alpha value is -2.43. The number of aliphatic hydroxyl groups is 1. The van der Waals surface area contributed by atoms with Crippen molar-refractivity contribution < 1.29 is 46.9 Å². The van der Waals surface area contributed by atoms with E-state index in [1.54, 1.807) is 4.57 Å². The molecule has 6 fully saturated rings. The molecule has 1 saturated carbocycles. The lowest BCUT2D eigenvalue weighted by molar-refractivity contribution is -0.422. The SMILES string of the molecule is Nc1ncnc2c1ncn2[C@@H]1O[C@@H]2COP(O)(=S)O[C@@]34C[C@]5(COP(=O)(S)O[C@@H]1[C@@H]2O)O[C@@H](n1cnc2c(N)ncnc21)[C@H](O3)[C@@H]54. The topological polar surface area (TPSA) is 261 Å². The van der Waals surface area contributed by atoms with E-state index in [9.17, 15) is 14.6 Å². The van der Waals surface area contributed by atoms with Gasteiger partial charge in [-0.1, -0.05) is 12.2 Å². The fraction of sp³-hybridized carbons (Fsp3) is 0.545. The maximum atomic E-state index is 13.8. The van der Waals surface area contributed by atoms with E-state index < -0.39 is 74.3 Å². The molecule has 1 aliphatic carbocycles. The van der Waals surface area contributed by atoms with Crippen molar-refractivity contribution in [3.05, 3.63) is 25.3 Å². The summed E-state index contributed by atoms with van der Waals surface area (Å²) in [4.78, 5) is 36.1. The van der Waals surface area contributed by atoms with Gasteiger partial charge in [-0.25, -0.2) is 34.5 Å². The number of hydrogen-bond donors (Lipinski definition) is 5. The Morgan fingerprint density at radius 3 is 2.28 bits per heavy atom. The van der Waals surface area contributed by atoms with Crippen molar-refractivity contribution >= 4 is 71.5 Å². The zero-order chi connectivity index (χ0) is 31.8. The molecule has 4 bridgehead atoms. The summed E-state index contributed by atoms with van der Waals surface area (Å²) < 4.78 is 59.0. The summed E-state index contributed by atoms with van der Waals surface area (Å²) in [7, 11) is 0. The average Bonchev–Trinajstić information content (AvgIpc) is 3.71. The van der Waals surface area contributed by atoms with E-state index in [1.165, 1.54) is 29.9 Å². The minimum Gasteiger partial charge on any atom is -0.387 e.